The van der Waals surface area contributed by atoms with E-state index in [9.17, 15) is 4.79 Å². The Balaban J connectivity index is 2.11. The van der Waals surface area contributed by atoms with E-state index in [4.69, 9.17) is 17.3 Å². The maximum Gasteiger partial charge on any atom is 0.303 e. The molecule has 5 heteroatoms. The van der Waals surface area contributed by atoms with Gasteiger partial charge in [-0.15, -0.1) is 0 Å². The van der Waals surface area contributed by atoms with E-state index >= 15 is 0 Å². The first kappa shape index (κ1) is 13.4. The molecule has 0 atom stereocenters. The molecule has 4 nitrogen and oxygen atoms in total. The number of carbonyl (C=O) groups is 1. The predicted octanol–water partition coefficient (Wildman–Crippen LogP) is 1.52. The Morgan fingerprint density at radius 3 is 2.59 bits per heavy atom. The van der Waals surface area contributed by atoms with E-state index in [-0.39, 0.29) is 6.42 Å². The molecular weight excluding hydrogens is 236 g/mol. The van der Waals surface area contributed by atoms with Gasteiger partial charge >= 0.3 is 5.97 Å². The third-order valence-corrected chi connectivity index (χ3v) is 2.44. The summed E-state index contributed by atoms with van der Waals surface area (Å²) < 4.78 is 0. The van der Waals surface area contributed by atoms with Crippen LogP contribution in [-0.4, -0.2) is 22.7 Å². The molecule has 1 rings (SSSR count). The van der Waals surface area contributed by atoms with Crippen LogP contribution >= 0.6 is 12.2 Å². The summed E-state index contributed by atoms with van der Waals surface area (Å²) in [5.74, 6) is -0.782. The highest BCUT2D eigenvalue weighted by Gasteiger charge is 1.98. The summed E-state index contributed by atoms with van der Waals surface area (Å²) in [6, 6.07) is 9.94. The van der Waals surface area contributed by atoms with E-state index in [0.717, 1.165) is 5.56 Å². The third kappa shape index (κ3) is 6.52. The van der Waals surface area contributed by atoms with Gasteiger partial charge in [0, 0.05) is 19.5 Å². The van der Waals surface area contributed by atoms with Crippen LogP contribution in [0.1, 0.15) is 18.4 Å². The quantitative estimate of drug-likeness (QED) is 0.529. The maximum atomic E-state index is 10.3. The zero-order valence-electron chi connectivity index (χ0n) is 9.48. The van der Waals surface area contributed by atoms with Gasteiger partial charge in [0.25, 0.3) is 0 Å². The minimum atomic E-state index is -0.782. The van der Waals surface area contributed by atoms with Crippen LogP contribution in [-0.2, 0) is 11.3 Å². The van der Waals surface area contributed by atoms with Crippen LogP contribution in [0, 0.1) is 0 Å². The first-order valence-electron chi connectivity index (χ1n) is 5.46. The molecule has 0 heterocycles. The van der Waals surface area contributed by atoms with Crippen molar-refractivity contribution >= 4 is 23.3 Å². The second kappa shape index (κ2) is 7.62. The summed E-state index contributed by atoms with van der Waals surface area (Å²) in [4.78, 5) is 10.3. The second-order valence-electron chi connectivity index (χ2n) is 3.59. The highest BCUT2D eigenvalue weighted by molar-refractivity contribution is 7.80. The Morgan fingerprint density at radius 1 is 1.24 bits per heavy atom. The van der Waals surface area contributed by atoms with E-state index in [1.54, 1.807) is 0 Å². The second-order valence-corrected chi connectivity index (χ2v) is 4.00. The van der Waals surface area contributed by atoms with Gasteiger partial charge in [-0.3, -0.25) is 4.79 Å². The van der Waals surface area contributed by atoms with Crippen molar-refractivity contribution in [3.8, 4) is 0 Å². The van der Waals surface area contributed by atoms with Crippen LogP contribution in [0.4, 0.5) is 0 Å². The van der Waals surface area contributed by atoms with Gasteiger partial charge in [-0.2, -0.15) is 0 Å². The predicted molar refractivity (Wildman–Crippen MR) is 70.8 cm³/mol. The normalized spacial score (nSPS) is 9.65. The van der Waals surface area contributed by atoms with Crippen LogP contribution in [0.3, 0.4) is 0 Å². The summed E-state index contributed by atoms with van der Waals surface area (Å²) in [5, 5.41) is 15.0. The molecule has 0 bridgehead atoms. The van der Waals surface area contributed by atoms with Gasteiger partial charge in [0.1, 0.15) is 0 Å². The summed E-state index contributed by atoms with van der Waals surface area (Å²) >= 11 is 5.06. The van der Waals surface area contributed by atoms with Crippen LogP contribution in [0.15, 0.2) is 30.3 Å². The van der Waals surface area contributed by atoms with Crippen LogP contribution in [0.5, 0.6) is 0 Å². The number of rotatable bonds is 6. The fourth-order valence-electron chi connectivity index (χ4n) is 1.28. The Bertz CT molecular complexity index is 368. The Hall–Kier alpha value is -1.62. The van der Waals surface area contributed by atoms with E-state index in [1.807, 2.05) is 30.3 Å². The molecule has 92 valence electrons. The SMILES string of the molecule is O=C(O)CCCNC(=S)NCc1ccccc1. The fourth-order valence-corrected chi connectivity index (χ4v) is 1.46. The van der Waals surface area contributed by atoms with Crippen LogP contribution in [0.25, 0.3) is 0 Å². The molecule has 0 aliphatic heterocycles. The van der Waals surface area contributed by atoms with Crippen LogP contribution in [0.2, 0.25) is 0 Å². The monoisotopic (exact) mass is 252 g/mol. The molecule has 1 aromatic carbocycles. The van der Waals surface area contributed by atoms with Crippen molar-refractivity contribution in [2.75, 3.05) is 6.54 Å². The molecule has 3 N–H and O–H groups in total. The lowest BCUT2D eigenvalue weighted by molar-refractivity contribution is -0.137. The summed E-state index contributed by atoms with van der Waals surface area (Å²) in [5.41, 5.74) is 1.15. The molecule has 17 heavy (non-hydrogen) atoms. The minimum absolute atomic E-state index is 0.161. The molecule has 0 saturated heterocycles. The maximum absolute atomic E-state index is 10.3. The first-order chi connectivity index (χ1) is 8.18. The molecule has 0 radical (unpaired) electrons. The van der Waals surface area contributed by atoms with Gasteiger partial charge in [-0.1, -0.05) is 30.3 Å². The molecule has 0 amide bonds. The number of carboxylic acids is 1. The van der Waals surface area contributed by atoms with E-state index in [0.29, 0.717) is 24.6 Å². The smallest absolute Gasteiger partial charge is 0.303 e. The van der Waals surface area contributed by atoms with Crippen molar-refractivity contribution < 1.29 is 9.90 Å². The molecule has 0 spiro atoms. The number of hydrogen-bond donors (Lipinski definition) is 3. The lowest BCUT2D eigenvalue weighted by Gasteiger charge is -2.09. The van der Waals surface area contributed by atoms with Gasteiger partial charge in [0.05, 0.1) is 0 Å². The largest absolute Gasteiger partial charge is 0.481 e. The molecule has 1 aromatic rings. The number of nitrogens with one attached hydrogen (secondary N) is 2. The Morgan fingerprint density at radius 2 is 1.94 bits per heavy atom. The topological polar surface area (TPSA) is 61.4 Å². The van der Waals surface area contributed by atoms with Crippen molar-refractivity contribution in [1.29, 1.82) is 0 Å². The van der Waals surface area contributed by atoms with Gasteiger partial charge in [-0.25, -0.2) is 0 Å². The van der Waals surface area contributed by atoms with E-state index in [1.165, 1.54) is 0 Å². The highest BCUT2D eigenvalue weighted by Crippen LogP contribution is 1.96. The molecule has 0 aliphatic carbocycles. The van der Waals surface area contributed by atoms with Crippen molar-refractivity contribution in [3.63, 3.8) is 0 Å². The lowest BCUT2D eigenvalue weighted by atomic mass is 10.2. The van der Waals surface area contributed by atoms with Crippen molar-refractivity contribution in [2.45, 2.75) is 19.4 Å². The fraction of sp³-hybridized carbons (Fsp3) is 0.333. The van der Waals surface area contributed by atoms with Crippen molar-refractivity contribution in [3.05, 3.63) is 35.9 Å². The third-order valence-electron chi connectivity index (χ3n) is 2.15. The summed E-state index contributed by atoms with van der Waals surface area (Å²) in [7, 11) is 0. The zero-order chi connectivity index (χ0) is 12.5. The highest BCUT2D eigenvalue weighted by atomic mass is 32.1. The molecule has 0 aromatic heterocycles. The van der Waals surface area contributed by atoms with Crippen molar-refractivity contribution in [2.24, 2.45) is 0 Å². The number of hydrogen-bond acceptors (Lipinski definition) is 2. The summed E-state index contributed by atoms with van der Waals surface area (Å²) in [6.07, 6.45) is 0.733. The van der Waals surface area contributed by atoms with Gasteiger partial charge in [-0.05, 0) is 24.2 Å². The van der Waals surface area contributed by atoms with Crippen molar-refractivity contribution in [1.82, 2.24) is 10.6 Å². The van der Waals surface area contributed by atoms with Gasteiger partial charge < -0.3 is 15.7 Å². The first-order valence-corrected chi connectivity index (χ1v) is 5.87. The van der Waals surface area contributed by atoms with E-state index in [2.05, 4.69) is 10.6 Å². The average molecular weight is 252 g/mol. The number of thiocarbonyl (C=S) groups is 1. The Kier molecular flexibility index (Phi) is 6.03. The summed E-state index contributed by atoms with van der Waals surface area (Å²) in [6.45, 7) is 1.25. The minimum Gasteiger partial charge on any atom is -0.481 e. The number of carboxylic acid groups (broad SMARTS) is 1. The number of aliphatic carboxylic acids is 1. The van der Waals surface area contributed by atoms with Gasteiger partial charge in [0.15, 0.2) is 5.11 Å². The average Bonchev–Trinajstić information content (AvgIpc) is 2.33. The van der Waals surface area contributed by atoms with E-state index < -0.39 is 5.97 Å². The molecular formula is C12H16N2O2S. The molecule has 0 aliphatic rings. The zero-order valence-corrected chi connectivity index (χ0v) is 10.3. The standard InChI is InChI=1S/C12H16N2O2S/c15-11(16)7-4-8-13-12(17)14-9-10-5-2-1-3-6-10/h1-3,5-6H,4,7-9H2,(H,15,16)(H2,13,14,17). The number of benzene rings is 1. The van der Waals surface area contributed by atoms with Gasteiger partial charge in [0.2, 0.25) is 0 Å². The van der Waals surface area contributed by atoms with Crippen LogP contribution < -0.4 is 10.6 Å². The molecule has 0 saturated carbocycles. The lowest BCUT2D eigenvalue weighted by Crippen LogP contribution is -2.35. The Labute approximate surface area is 106 Å². The molecule has 0 fully saturated rings. The molecule has 0 unspecified atom stereocenters.